The first-order valence-corrected chi connectivity index (χ1v) is 9.16. The smallest absolute Gasteiger partial charge is 0.240 e. The van der Waals surface area contributed by atoms with Gasteiger partial charge in [-0.25, -0.2) is 13.1 Å². The fraction of sp³-hybridized carbons (Fsp3) is 0.600. The molecule has 0 aromatic heterocycles. The summed E-state index contributed by atoms with van der Waals surface area (Å²) in [5, 5.41) is 0.591. The third-order valence-corrected chi connectivity index (χ3v) is 5.59. The fourth-order valence-electron chi connectivity index (χ4n) is 2.17. The molecular formula is C15H25ClN2O2S. The van der Waals surface area contributed by atoms with Crippen LogP contribution in [0.25, 0.3) is 0 Å². The van der Waals surface area contributed by atoms with Gasteiger partial charge in [-0.05, 0) is 63.2 Å². The van der Waals surface area contributed by atoms with Crippen LogP contribution in [0.4, 0.5) is 0 Å². The van der Waals surface area contributed by atoms with Crippen LogP contribution in [-0.2, 0) is 10.0 Å². The van der Waals surface area contributed by atoms with Gasteiger partial charge in [-0.3, -0.25) is 0 Å². The number of sulfonamides is 1. The number of rotatable bonds is 8. The molecule has 0 heterocycles. The maximum absolute atomic E-state index is 12.3. The van der Waals surface area contributed by atoms with Gasteiger partial charge in [0.25, 0.3) is 0 Å². The number of nitrogens with zero attached hydrogens (tertiary/aromatic N) is 1. The second-order valence-electron chi connectivity index (χ2n) is 5.15. The lowest BCUT2D eigenvalue weighted by molar-refractivity contribution is 0.300. The Bertz CT molecular complexity index is 569. The Balaban J connectivity index is 2.68. The summed E-state index contributed by atoms with van der Waals surface area (Å²) in [4.78, 5) is 2.58. The van der Waals surface area contributed by atoms with Crippen LogP contribution in [0.1, 0.15) is 31.4 Å². The van der Waals surface area contributed by atoms with Gasteiger partial charge in [0, 0.05) is 11.6 Å². The van der Waals surface area contributed by atoms with Crippen LogP contribution in [0.15, 0.2) is 17.0 Å². The first-order valence-electron chi connectivity index (χ1n) is 7.30. The average molecular weight is 333 g/mol. The molecule has 0 spiro atoms. The van der Waals surface area contributed by atoms with Crippen LogP contribution >= 0.6 is 11.6 Å². The van der Waals surface area contributed by atoms with Crippen molar-refractivity contribution in [2.45, 2.75) is 39.0 Å². The fourth-order valence-corrected chi connectivity index (χ4v) is 3.77. The van der Waals surface area contributed by atoms with Crippen molar-refractivity contribution in [3.8, 4) is 0 Å². The second-order valence-corrected chi connectivity index (χ2v) is 7.29. The zero-order valence-corrected chi connectivity index (χ0v) is 14.8. The molecule has 0 atom stereocenters. The Morgan fingerprint density at radius 1 is 1.14 bits per heavy atom. The van der Waals surface area contributed by atoms with Gasteiger partial charge in [0.2, 0.25) is 10.0 Å². The van der Waals surface area contributed by atoms with Gasteiger partial charge in [-0.15, -0.1) is 0 Å². The molecule has 0 aliphatic heterocycles. The molecule has 1 aromatic rings. The molecule has 4 nitrogen and oxygen atoms in total. The summed E-state index contributed by atoms with van der Waals surface area (Å²) in [5.41, 5.74) is 1.44. The van der Waals surface area contributed by atoms with E-state index < -0.39 is 10.0 Å². The third kappa shape index (κ3) is 5.25. The predicted molar refractivity (Wildman–Crippen MR) is 88.5 cm³/mol. The molecule has 0 unspecified atom stereocenters. The summed E-state index contributed by atoms with van der Waals surface area (Å²) >= 11 is 6.01. The molecule has 0 amide bonds. The van der Waals surface area contributed by atoms with Crippen LogP contribution in [0.2, 0.25) is 5.02 Å². The van der Waals surface area contributed by atoms with Gasteiger partial charge in [0.1, 0.15) is 0 Å². The number of aryl methyl sites for hydroxylation is 2. The van der Waals surface area contributed by atoms with Crippen molar-refractivity contribution in [1.82, 2.24) is 9.62 Å². The van der Waals surface area contributed by atoms with Crippen LogP contribution in [0, 0.1) is 13.8 Å². The highest BCUT2D eigenvalue weighted by molar-refractivity contribution is 7.89. The van der Waals surface area contributed by atoms with Crippen molar-refractivity contribution < 1.29 is 8.42 Å². The van der Waals surface area contributed by atoms with Gasteiger partial charge in [0.15, 0.2) is 0 Å². The van der Waals surface area contributed by atoms with E-state index in [1.54, 1.807) is 26.0 Å². The van der Waals surface area contributed by atoms with Crippen molar-refractivity contribution in [2.75, 3.05) is 26.2 Å². The molecule has 0 bridgehead atoms. The van der Waals surface area contributed by atoms with Gasteiger partial charge < -0.3 is 4.90 Å². The maximum Gasteiger partial charge on any atom is 0.240 e. The van der Waals surface area contributed by atoms with Gasteiger partial charge in [-0.2, -0.15) is 0 Å². The molecule has 1 aromatic carbocycles. The lowest BCUT2D eigenvalue weighted by Crippen LogP contribution is -2.30. The molecule has 1 N–H and O–H groups in total. The summed E-state index contributed by atoms with van der Waals surface area (Å²) in [6, 6.07) is 3.33. The lowest BCUT2D eigenvalue weighted by Gasteiger charge is -2.18. The first-order chi connectivity index (χ1) is 9.81. The molecule has 1 rings (SSSR count). The van der Waals surface area contributed by atoms with Gasteiger partial charge in [0.05, 0.1) is 4.90 Å². The number of halogens is 1. The quantitative estimate of drug-likeness (QED) is 0.744. The molecule has 0 saturated heterocycles. The zero-order valence-electron chi connectivity index (χ0n) is 13.2. The van der Waals surface area contributed by atoms with E-state index in [1.165, 1.54) is 0 Å². The van der Waals surface area contributed by atoms with E-state index in [4.69, 9.17) is 11.6 Å². The van der Waals surface area contributed by atoms with Crippen LogP contribution in [0.5, 0.6) is 0 Å². The number of hydrogen-bond acceptors (Lipinski definition) is 3. The molecule has 21 heavy (non-hydrogen) atoms. The molecule has 0 fully saturated rings. The summed E-state index contributed by atoms with van der Waals surface area (Å²) in [6.45, 7) is 11.1. The Hall–Kier alpha value is -0.620. The molecule has 0 radical (unpaired) electrons. The van der Waals surface area contributed by atoms with Crippen LogP contribution < -0.4 is 4.72 Å². The largest absolute Gasteiger partial charge is 0.304 e. The number of benzene rings is 1. The van der Waals surface area contributed by atoms with E-state index in [0.29, 0.717) is 22.0 Å². The molecule has 0 aliphatic rings. The topological polar surface area (TPSA) is 49.4 Å². The highest BCUT2D eigenvalue weighted by Gasteiger charge is 2.17. The molecule has 6 heteroatoms. The lowest BCUT2D eigenvalue weighted by atomic mass is 10.2. The van der Waals surface area contributed by atoms with Crippen LogP contribution in [0.3, 0.4) is 0 Å². The molecular weight excluding hydrogens is 308 g/mol. The Morgan fingerprint density at radius 3 is 2.33 bits per heavy atom. The van der Waals surface area contributed by atoms with Crippen molar-refractivity contribution in [1.29, 1.82) is 0 Å². The normalized spacial score (nSPS) is 12.1. The summed E-state index contributed by atoms with van der Waals surface area (Å²) in [7, 11) is -3.47. The van der Waals surface area contributed by atoms with Gasteiger partial charge >= 0.3 is 0 Å². The predicted octanol–water partition coefficient (Wildman–Crippen LogP) is 2.97. The van der Waals surface area contributed by atoms with E-state index in [-0.39, 0.29) is 0 Å². The summed E-state index contributed by atoms with van der Waals surface area (Å²) < 4.78 is 27.3. The minimum atomic E-state index is -3.47. The molecule has 0 aliphatic carbocycles. The van der Waals surface area contributed by atoms with E-state index in [2.05, 4.69) is 23.5 Å². The zero-order chi connectivity index (χ0) is 16.0. The Morgan fingerprint density at radius 2 is 1.76 bits per heavy atom. The van der Waals surface area contributed by atoms with E-state index in [0.717, 1.165) is 31.6 Å². The minimum Gasteiger partial charge on any atom is -0.304 e. The molecule has 120 valence electrons. The Kier molecular flexibility index (Phi) is 7.13. The number of hydrogen-bond donors (Lipinski definition) is 1. The summed E-state index contributed by atoms with van der Waals surface area (Å²) in [6.07, 6.45) is 0.798. The van der Waals surface area contributed by atoms with Crippen molar-refractivity contribution in [3.05, 3.63) is 28.3 Å². The third-order valence-electron chi connectivity index (χ3n) is 3.58. The summed E-state index contributed by atoms with van der Waals surface area (Å²) in [5.74, 6) is 0. The monoisotopic (exact) mass is 332 g/mol. The Labute approximate surface area is 133 Å². The minimum absolute atomic E-state index is 0.312. The maximum atomic E-state index is 12.3. The SMILES string of the molecule is CCN(CC)CCCNS(=O)(=O)c1cc(C)c(Cl)cc1C. The highest BCUT2D eigenvalue weighted by Crippen LogP contribution is 2.23. The number of nitrogens with one attached hydrogen (secondary N) is 1. The highest BCUT2D eigenvalue weighted by atomic mass is 35.5. The standard InChI is InChI=1S/C15H25ClN2O2S/c1-5-18(6-2)9-7-8-17-21(19,20)15-11-12(3)14(16)10-13(15)4/h10-11,17H,5-9H2,1-4H3. The average Bonchev–Trinajstić information content (AvgIpc) is 2.43. The second kappa shape index (κ2) is 8.13. The van der Waals surface area contributed by atoms with E-state index in [1.807, 2.05) is 0 Å². The van der Waals surface area contributed by atoms with E-state index in [9.17, 15) is 8.42 Å². The van der Waals surface area contributed by atoms with E-state index >= 15 is 0 Å². The van der Waals surface area contributed by atoms with Gasteiger partial charge in [-0.1, -0.05) is 25.4 Å². The molecule has 0 saturated carbocycles. The van der Waals surface area contributed by atoms with Crippen LogP contribution in [-0.4, -0.2) is 39.5 Å². The van der Waals surface area contributed by atoms with Crippen molar-refractivity contribution >= 4 is 21.6 Å². The van der Waals surface area contributed by atoms with Crippen molar-refractivity contribution in [2.24, 2.45) is 0 Å². The van der Waals surface area contributed by atoms with Crippen molar-refractivity contribution in [3.63, 3.8) is 0 Å². The first kappa shape index (κ1) is 18.4.